The quantitative estimate of drug-likeness (QED) is 0.836. The van der Waals surface area contributed by atoms with Crippen LogP contribution < -0.4 is 5.32 Å². The summed E-state index contributed by atoms with van der Waals surface area (Å²) in [5, 5.41) is 3.44. The van der Waals surface area contributed by atoms with Gasteiger partial charge in [0.1, 0.15) is 0 Å². The standard InChI is InChI=1S/C20H29ClN4O2/c21-17-6-4-7-18(16-17)22-20(27)25-13-8-19(26)24(14-15-25)12-5-11-23-9-2-1-3-10-23/h4,6-7,16H,1-3,5,8-15H2,(H,22,27). The lowest BCUT2D eigenvalue weighted by atomic mass is 10.1. The highest BCUT2D eigenvalue weighted by Crippen LogP contribution is 2.16. The van der Waals surface area contributed by atoms with E-state index >= 15 is 0 Å². The van der Waals surface area contributed by atoms with Gasteiger partial charge in [-0.2, -0.15) is 0 Å². The number of carbonyl (C=O) groups is 2. The molecule has 0 bridgehead atoms. The Kier molecular flexibility index (Phi) is 7.35. The molecule has 2 saturated heterocycles. The van der Waals surface area contributed by atoms with E-state index < -0.39 is 0 Å². The number of halogens is 1. The third kappa shape index (κ3) is 6.11. The molecule has 0 unspecified atom stereocenters. The predicted octanol–water partition coefficient (Wildman–Crippen LogP) is 3.28. The van der Waals surface area contributed by atoms with Crippen molar-refractivity contribution in [3.63, 3.8) is 0 Å². The fourth-order valence-corrected chi connectivity index (χ4v) is 3.93. The lowest BCUT2D eigenvalue weighted by Gasteiger charge is -2.28. The van der Waals surface area contributed by atoms with E-state index in [0.29, 0.717) is 36.8 Å². The Bertz CT molecular complexity index is 649. The summed E-state index contributed by atoms with van der Waals surface area (Å²) in [5.41, 5.74) is 0.668. The molecule has 2 heterocycles. The average molecular weight is 393 g/mol. The molecule has 1 aromatic carbocycles. The van der Waals surface area contributed by atoms with Crippen LogP contribution in [0.25, 0.3) is 0 Å². The smallest absolute Gasteiger partial charge is 0.321 e. The fourth-order valence-electron chi connectivity index (χ4n) is 3.74. The van der Waals surface area contributed by atoms with Crippen LogP contribution in [0, 0.1) is 0 Å². The van der Waals surface area contributed by atoms with Crippen molar-refractivity contribution in [1.82, 2.24) is 14.7 Å². The van der Waals surface area contributed by atoms with Gasteiger partial charge in [0.2, 0.25) is 5.91 Å². The van der Waals surface area contributed by atoms with Crippen LogP contribution in [0.5, 0.6) is 0 Å². The van der Waals surface area contributed by atoms with E-state index in [1.807, 2.05) is 4.90 Å². The maximum atomic E-state index is 12.5. The van der Waals surface area contributed by atoms with Gasteiger partial charge in [0.15, 0.2) is 0 Å². The molecule has 2 aliphatic heterocycles. The number of benzene rings is 1. The van der Waals surface area contributed by atoms with Gasteiger partial charge in [-0.25, -0.2) is 4.79 Å². The van der Waals surface area contributed by atoms with Crippen LogP contribution in [0.4, 0.5) is 10.5 Å². The summed E-state index contributed by atoms with van der Waals surface area (Å²) in [6.07, 6.45) is 5.31. The summed E-state index contributed by atoms with van der Waals surface area (Å²) in [5.74, 6) is 0.145. The van der Waals surface area contributed by atoms with Gasteiger partial charge >= 0.3 is 6.03 Å². The summed E-state index contributed by atoms with van der Waals surface area (Å²) >= 11 is 5.96. The molecule has 0 atom stereocenters. The van der Waals surface area contributed by atoms with Crippen molar-refractivity contribution in [2.24, 2.45) is 0 Å². The van der Waals surface area contributed by atoms with Crippen molar-refractivity contribution in [3.05, 3.63) is 29.3 Å². The number of hydrogen-bond donors (Lipinski definition) is 1. The van der Waals surface area contributed by atoms with Crippen molar-refractivity contribution in [2.45, 2.75) is 32.1 Å². The Morgan fingerprint density at radius 2 is 1.85 bits per heavy atom. The summed E-state index contributed by atoms with van der Waals surface area (Å²) in [6, 6.07) is 6.91. The molecule has 27 heavy (non-hydrogen) atoms. The molecule has 3 amide bonds. The number of anilines is 1. The molecule has 0 spiro atoms. The number of hydrogen-bond acceptors (Lipinski definition) is 3. The maximum Gasteiger partial charge on any atom is 0.321 e. The van der Waals surface area contributed by atoms with Gasteiger partial charge in [0.05, 0.1) is 0 Å². The number of piperidine rings is 1. The van der Waals surface area contributed by atoms with E-state index in [9.17, 15) is 9.59 Å². The van der Waals surface area contributed by atoms with Crippen LogP contribution in [-0.2, 0) is 4.79 Å². The number of nitrogens with one attached hydrogen (secondary N) is 1. The summed E-state index contributed by atoms with van der Waals surface area (Å²) in [7, 11) is 0. The number of nitrogens with zero attached hydrogens (tertiary/aromatic N) is 3. The van der Waals surface area contributed by atoms with Gasteiger partial charge in [-0.05, 0) is 57.1 Å². The van der Waals surface area contributed by atoms with E-state index in [1.54, 1.807) is 29.2 Å². The SMILES string of the molecule is O=C1CCN(C(=O)Nc2cccc(Cl)c2)CCN1CCCN1CCCCC1. The predicted molar refractivity (Wildman–Crippen MR) is 108 cm³/mol. The molecule has 1 N–H and O–H groups in total. The van der Waals surface area contributed by atoms with Crippen molar-refractivity contribution < 1.29 is 9.59 Å². The second-order valence-corrected chi connectivity index (χ2v) is 7.75. The van der Waals surface area contributed by atoms with Gasteiger partial charge in [-0.15, -0.1) is 0 Å². The second-order valence-electron chi connectivity index (χ2n) is 7.31. The monoisotopic (exact) mass is 392 g/mol. The minimum atomic E-state index is -0.180. The van der Waals surface area contributed by atoms with E-state index in [0.717, 1.165) is 19.5 Å². The van der Waals surface area contributed by atoms with Crippen molar-refractivity contribution in [2.75, 3.05) is 51.1 Å². The molecule has 0 aromatic heterocycles. The van der Waals surface area contributed by atoms with Crippen LogP contribution >= 0.6 is 11.6 Å². The van der Waals surface area contributed by atoms with E-state index in [4.69, 9.17) is 11.6 Å². The highest BCUT2D eigenvalue weighted by molar-refractivity contribution is 6.30. The zero-order valence-electron chi connectivity index (χ0n) is 15.8. The summed E-state index contributed by atoms with van der Waals surface area (Å²) in [6.45, 7) is 5.82. The molecule has 1 aromatic rings. The minimum absolute atomic E-state index is 0.145. The molecule has 0 saturated carbocycles. The number of amides is 3. The first-order valence-electron chi connectivity index (χ1n) is 9.93. The Labute approximate surface area is 166 Å². The molecule has 148 valence electrons. The molecule has 7 heteroatoms. The molecular formula is C20H29ClN4O2. The third-order valence-corrected chi connectivity index (χ3v) is 5.54. The Morgan fingerprint density at radius 1 is 1.04 bits per heavy atom. The van der Waals surface area contributed by atoms with Gasteiger partial charge in [-0.1, -0.05) is 24.1 Å². The molecule has 2 fully saturated rings. The van der Waals surface area contributed by atoms with Crippen molar-refractivity contribution in [1.29, 1.82) is 0 Å². The van der Waals surface area contributed by atoms with Crippen LogP contribution in [0.2, 0.25) is 5.02 Å². The maximum absolute atomic E-state index is 12.5. The number of likely N-dealkylation sites (tertiary alicyclic amines) is 1. The Balaban J connectivity index is 1.45. The first kappa shape index (κ1) is 20.0. The average Bonchev–Trinajstić information content (AvgIpc) is 2.85. The lowest BCUT2D eigenvalue weighted by molar-refractivity contribution is -0.130. The first-order chi connectivity index (χ1) is 13.1. The topological polar surface area (TPSA) is 55.9 Å². The van der Waals surface area contributed by atoms with Gasteiger partial charge in [0, 0.05) is 43.3 Å². The number of rotatable bonds is 5. The molecule has 6 nitrogen and oxygen atoms in total. The van der Waals surface area contributed by atoms with Gasteiger partial charge in [0.25, 0.3) is 0 Å². The molecule has 3 rings (SSSR count). The molecular weight excluding hydrogens is 364 g/mol. The van der Waals surface area contributed by atoms with Crippen LogP contribution in [0.3, 0.4) is 0 Å². The van der Waals surface area contributed by atoms with Crippen molar-refractivity contribution >= 4 is 29.2 Å². The molecule has 0 aliphatic carbocycles. The second kappa shape index (κ2) is 9.95. The number of urea groups is 1. The van der Waals surface area contributed by atoms with Crippen LogP contribution in [-0.4, -0.2) is 72.5 Å². The summed E-state index contributed by atoms with van der Waals surface area (Å²) < 4.78 is 0. The van der Waals surface area contributed by atoms with Gasteiger partial charge in [-0.3, -0.25) is 4.79 Å². The highest BCUT2D eigenvalue weighted by atomic mass is 35.5. The van der Waals surface area contributed by atoms with Crippen LogP contribution in [0.15, 0.2) is 24.3 Å². The summed E-state index contributed by atoms with van der Waals surface area (Å²) in [4.78, 5) is 31.0. The fraction of sp³-hybridized carbons (Fsp3) is 0.600. The Morgan fingerprint density at radius 3 is 2.63 bits per heavy atom. The highest BCUT2D eigenvalue weighted by Gasteiger charge is 2.24. The van der Waals surface area contributed by atoms with Crippen molar-refractivity contribution in [3.8, 4) is 0 Å². The van der Waals surface area contributed by atoms with Gasteiger partial charge < -0.3 is 20.0 Å². The molecule has 2 aliphatic rings. The largest absolute Gasteiger partial charge is 0.341 e. The molecule has 0 radical (unpaired) electrons. The first-order valence-corrected chi connectivity index (χ1v) is 10.3. The number of carbonyl (C=O) groups excluding carboxylic acids is 2. The van der Waals surface area contributed by atoms with E-state index in [-0.39, 0.29) is 11.9 Å². The van der Waals surface area contributed by atoms with E-state index in [2.05, 4.69) is 10.2 Å². The normalized spacial score (nSPS) is 19.1. The van der Waals surface area contributed by atoms with Crippen LogP contribution in [0.1, 0.15) is 32.1 Å². The zero-order valence-corrected chi connectivity index (χ0v) is 16.6. The third-order valence-electron chi connectivity index (χ3n) is 5.30. The zero-order chi connectivity index (χ0) is 19.1. The lowest BCUT2D eigenvalue weighted by Crippen LogP contribution is -2.39. The Hall–Kier alpha value is -1.79. The minimum Gasteiger partial charge on any atom is -0.341 e. The van der Waals surface area contributed by atoms with E-state index in [1.165, 1.54) is 32.4 Å².